The van der Waals surface area contributed by atoms with Gasteiger partial charge in [-0.05, 0) is 71.9 Å². The standard InChI is InChI=1S/C22H16ClNO4S/c1-27-17-8-2-14(3-9-17)12-20-21(25)24(22(26)29-20)13-18-10-11-19(28-18)15-4-6-16(23)7-5-15/h2-12H,13H2,1H3/b20-12+. The molecule has 5 nitrogen and oxygen atoms in total. The first-order chi connectivity index (χ1) is 14.0. The summed E-state index contributed by atoms with van der Waals surface area (Å²) in [5, 5.41) is 0.321. The van der Waals surface area contributed by atoms with Crippen molar-refractivity contribution in [2.75, 3.05) is 7.11 Å². The van der Waals surface area contributed by atoms with Crippen LogP contribution in [0.4, 0.5) is 4.79 Å². The minimum Gasteiger partial charge on any atom is -0.497 e. The molecule has 1 saturated heterocycles. The van der Waals surface area contributed by atoms with E-state index in [4.69, 9.17) is 20.8 Å². The number of hydrogen-bond donors (Lipinski definition) is 0. The van der Waals surface area contributed by atoms with Crippen molar-refractivity contribution in [2.24, 2.45) is 0 Å². The number of rotatable bonds is 5. The summed E-state index contributed by atoms with van der Waals surface area (Å²) in [7, 11) is 1.59. The van der Waals surface area contributed by atoms with Gasteiger partial charge in [-0.15, -0.1) is 0 Å². The van der Waals surface area contributed by atoms with E-state index in [2.05, 4.69) is 0 Å². The molecule has 3 aromatic rings. The molecule has 146 valence electrons. The minimum atomic E-state index is -0.333. The van der Waals surface area contributed by atoms with Crippen molar-refractivity contribution < 1.29 is 18.7 Å². The zero-order valence-corrected chi connectivity index (χ0v) is 17.0. The van der Waals surface area contributed by atoms with Crippen LogP contribution >= 0.6 is 23.4 Å². The second-order valence-electron chi connectivity index (χ2n) is 6.31. The third-order valence-electron chi connectivity index (χ3n) is 4.39. The van der Waals surface area contributed by atoms with Crippen LogP contribution in [0, 0.1) is 0 Å². The number of nitrogens with zero attached hydrogens (tertiary/aromatic N) is 1. The number of hydrogen-bond acceptors (Lipinski definition) is 5. The first kappa shape index (κ1) is 19.4. The van der Waals surface area contributed by atoms with Crippen molar-refractivity contribution in [3.8, 4) is 17.1 Å². The molecule has 29 heavy (non-hydrogen) atoms. The van der Waals surface area contributed by atoms with Gasteiger partial charge in [0.15, 0.2) is 0 Å². The highest BCUT2D eigenvalue weighted by molar-refractivity contribution is 8.18. The molecule has 0 bridgehead atoms. The highest BCUT2D eigenvalue weighted by Gasteiger charge is 2.35. The van der Waals surface area contributed by atoms with Gasteiger partial charge in [0.05, 0.1) is 18.6 Å². The van der Waals surface area contributed by atoms with E-state index < -0.39 is 0 Å². The van der Waals surface area contributed by atoms with E-state index in [1.807, 2.05) is 30.3 Å². The molecular weight excluding hydrogens is 410 g/mol. The SMILES string of the molecule is COc1ccc(/C=C2/SC(=O)N(Cc3ccc(-c4ccc(Cl)cc4)o3)C2=O)cc1. The van der Waals surface area contributed by atoms with E-state index in [0.29, 0.717) is 21.4 Å². The minimum absolute atomic E-state index is 0.0816. The summed E-state index contributed by atoms with van der Waals surface area (Å²) < 4.78 is 10.9. The number of methoxy groups -OCH3 is 1. The van der Waals surface area contributed by atoms with Crippen LogP contribution < -0.4 is 4.74 Å². The van der Waals surface area contributed by atoms with E-state index in [1.54, 1.807) is 43.5 Å². The lowest BCUT2D eigenvalue weighted by Crippen LogP contribution is -2.27. The highest BCUT2D eigenvalue weighted by Crippen LogP contribution is 2.34. The lowest BCUT2D eigenvalue weighted by Gasteiger charge is -2.10. The summed E-state index contributed by atoms with van der Waals surface area (Å²) in [6.45, 7) is 0.0816. The van der Waals surface area contributed by atoms with Crippen molar-refractivity contribution in [1.29, 1.82) is 0 Å². The fourth-order valence-electron chi connectivity index (χ4n) is 2.88. The van der Waals surface area contributed by atoms with Gasteiger partial charge in [-0.3, -0.25) is 14.5 Å². The molecule has 0 saturated carbocycles. The molecule has 0 aliphatic carbocycles. The van der Waals surface area contributed by atoms with Gasteiger partial charge in [-0.1, -0.05) is 23.7 Å². The molecule has 2 heterocycles. The average molecular weight is 426 g/mol. The maximum absolute atomic E-state index is 12.7. The molecule has 0 N–H and O–H groups in total. The van der Waals surface area contributed by atoms with Crippen molar-refractivity contribution >= 4 is 40.6 Å². The van der Waals surface area contributed by atoms with Gasteiger partial charge in [0.25, 0.3) is 11.1 Å². The van der Waals surface area contributed by atoms with Gasteiger partial charge in [0.1, 0.15) is 17.3 Å². The summed E-state index contributed by atoms with van der Waals surface area (Å²) in [5.74, 6) is 1.57. The molecule has 1 aliphatic heterocycles. The van der Waals surface area contributed by atoms with Crippen LogP contribution in [0.3, 0.4) is 0 Å². The van der Waals surface area contributed by atoms with Crippen LogP contribution in [-0.4, -0.2) is 23.2 Å². The van der Waals surface area contributed by atoms with Crippen molar-refractivity contribution in [3.05, 3.63) is 81.9 Å². The molecule has 2 aromatic carbocycles. The third kappa shape index (κ3) is 4.23. The molecule has 1 aliphatic rings. The summed E-state index contributed by atoms with van der Waals surface area (Å²) in [6, 6.07) is 18.1. The number of imide groups is 1. The molecule has 0 atom stereocenters. The van der Waals surface area contributed by atoms with Gasteiger partial charge in [-0.2, -0.15) is 0 Å². The molecule has 7 heteroatoms. The van der Waals surface area contributed by atoms with E-state index in [1.165, 1.54) is 4.90 Å². The maximum atomic E-state index is 12.7. The Bertz CT molecular complexity index is 1090. The smallest absolute Gasteiger partial charge is 0.293 e. The van der Waals surface area contributed by atoms with E-state index in [-0.39, 0.29) is 17.7 Å². The Morgan fingerprint density at radius 3 is 2.45 bits per heavy atom. The first-order valence-corrected chi connectivity index (χ1v) is 9.97. The van der Waals surface area contributed by atoms with Crippen molar-refractivity contribution in [1.82, 2.24) is 4.90 Å². The number of ether oxygens (including phenoxy) is 1. The van der Waals surface area contributed by atoms with Crippen molar-refractivity contribution in [2.45, 2.75) is 6.54 Å². The topological polar surface area (TPSA) is 59.8 Å². The number of carbonyl (C=O) groups is 2. The van der Waals surface area contributed by atoms with Gasteiger partial charge in [0.2, 0.25) is 0 Å². The molecule has 0 unspecified atom stereocenters. The Labute approximate surface area is 176 Å². The normalized spacial score (nSPS) is 15.4. The Hall–Kier alpha value is -2.96. The second-order valence-corrected chi connectivity index (χ2v) is 7.74. The largest absolute Gasteiger partial charge is 0.497 e. The zero-order valence-electron chi connectivity index (χ0n) is 15.4. The number of thioether (sulfide) groups is 1. The quantitative estimate of drug-likeness (QED) is 0.480. The summed E-state index contributed by atoms with van der Waals surface area (Å²) in [6.07, 6.45) is 1.70. The number of furan rings is 1. The van der Waals surface area contributed by atoms with Gasteiger partial charge in [0, 0.05) is 10.6 Å². The maximum Gasteiger partial charge on any atom is 0.293 e. The molecule has 1 fully saturated rings. The van der Waals surface area contributed by atoms with Crippen LogP contribution in [0.1, 0.15) is 11.3 Å². The second kappa shape index (κ2) is 8.19. The van der Waals surface area contributed by atoms with Crippen LogP contribution in [0.5, 0.6) is 5.75 Å². The molecule has 2 amide bonds. The molecule has 0 spiro atoms. The Balaban J connectivity index is 1.49. The van der Waals surface area contributed by atoms with Gasteiger partial charge < -0.3 is 9.15 Å². The number of benzene rings is 2. The Morgan fingerprint density at radius 2 is 1.76 bits per heavy atom. The van der Waals surface area contributed by atoms with E-state index in [9.17, 15) is 9.59 Å². The summed E-state index contributed by atoms with van der Waals surface area (Å²) in [4.78, 5) is 26.6. The zero-order chi connectivity index (χ0) is 20.4. The first-order valence-electron chi connectivity index (χ1n) is 8.77. The predicted octanol–water partition coefficient (Wildman–Crippen LogP) is 5.85. The van der Waals surface area contributed by atoms with Crippen LogP contribution in [0.2, 0.25) is 5.02 Å². The monoisotopic (exact) mass is 425 g/mol. The van der Waals surface area contributed by atoms with Crippen molar-refractivity contribution in [3.63, 3.8) is 0 Å². The predicted molar refractivity (Wildman–Crippen MR) is 114 cm³/mol. The van der Waals surface area contributed by atoms with Crippen LogP contribution in [0.25, 0.3) is 17.4 Å². The van der Waals surface area contributed by atoms with E-state index in [0.717, 1.165) is 28.6 Å². The fraction of sp³-hybridized carbons (Fsp3) is 0.0909. The highest BCUT2D eigenvalue weighted by atomic mass is 35.5. The van der Waals surface area contributed by atoms with Crippen LogP contribution in [-0.2, 0) is 11.3 Å². The average Bonchev–Trinajstić information content (AvgIpc) is 3.30. The Kier molecular flexibility index (Phi) is 5.47. The van der Waals surface area contributed by atoms with E-state index >= 15 is 0 Å². The molecule has 0 radical (unpaired) electrons. The van der Waals surface area contributed by atoms with Crippen LogP contribution in [0.15, 0.2) is 70.0 Å². The van der Waals surface area contributed by atoms with Gasteiger partial charge >= 0.3 is 0 Å². The molecule has 4 rings (SSSR count). The molecule has 1 aromatic heterocycles. The Morgan fingerprint density at radius 1 is 1.03 bits per heavy atom. The lowest BCUT2D eigenvalue weighted by atomic mass is 10.2. The lowest BCUT2D eigenvalue weighted by molar-refractivity contribution is -0.123. The number of amides is 2. The summed E-state index contributed by atoms with van der Waals surface area (Å²) in [5.41, 5.74) is 1.69. The fourth-order valence-corrected chi connectivity index (χ4v) is 3.84. The van der Waals surface area contributed by atoms with Gasteiger partial charge in [-0.25, -0.2) is 0 Å². The number of carbonyl (C=O) groups excluding carboxylic acids is 2. The molecular formula is C22H16ClNO4S. The number of halogens is 1. The third-order valence-corrected chi connectivity index (χ3v) is 5.55. The summed E-state index contributed by atoms with van der Waals surface area (Å²) >= 11 is 6.83.